The molecule has 0 spiro atoms. The number of alkyl halides is 6. The molecule has 29 heavy (non-hydrogen) atoms. The van der Waals surface area contributed by atoms with Gasteiger partial charge in [0.1, 0.15) is 0 Å². The fourth-order valence-electron chi connectivity index (χ4n) is 2.28. The van der Waals surface area contributed by atoms with E-state index in [2.05, 4.69) is 15.5 Å². The summed E-state index contributed by atoms with van der Waals surface area (Å²) in [5.41, 5.74) is -5.76. The third-order valence-corrected chi connectivity index (χ3v) is 3.90. The van der Waals surface area contributed by atoms with Crippen LogP contribution in [0.4, 0.5) is 26.3 Å². The van der Waals surface area contributed by atoms with Gasteiger partial charge in [-0.25, -0.2) is 0 Å². The quantitative estimate of drug-likeness (QED) is 0.700. The van der Waals surface area contributed by atoms with Gasteiger partial charge >= 0.3 is 12.4 Å². The second-order valence-electron chi connectivity index (χ2n) is 8.05. The molecule has 0 bridgehead atoms. The van der Waals surface area contributed by atoms with E-state index in [1.165, 1.54) is 13.8 Å². The van der Waals surface area contributed by atoms with E-state index < -0.39 is 45.9 Å². The lowest BCUT2D eigenvalue weighted by Crippen LogP contribution is -2.42. The molecular weight excluding hydrogens is 404 g/mol. The van der Waals surface area contributed by atoms with Crippen molar-refractivity contribution in [2.24, 2.45) is 0 Å². The van der Waals surface area contributed by atoms with Gasteiger partial charge in [-0.3, -0.25) is 4.79 Å². The molecule has 0 fully saturated rings. The Labute approximate surface area is 162 Å². The molecule has 0 aliphatic rings. The van der Waals surface area contributed by atoms with Crippen molar-refractivity contribution in [3.8, 4) is 0 Å². The van der Waals surface area contributed by atoms with Gasteiger partial charge in [-0.1, -0.05) is 25.9 Å². The molecule has 11 heteroatoms. The predicted molar refractivity (Wildman–Crippen MR) is 89.9 cm³/mol. The minimum absolute atomic E-state index is 0.0267. The Morgan fingerprint density at radius 1 is 0.897 bits per heavy atom. The van der Waals surface area contributed by atoms with Gasteiger partial charge in [-0.2, -0.15) is 31.3 Å². The highest BCUT2D eigenvalue weighted by Gasteiger charge is 2.38. The molecule has 2 aromatic rings. The highest BCUT2D eigenvalue weighted by atomic mass is 19.4. The Balaban J connectivity index is 2.40. The SMILES string of the molecule is CC(C)(C)c1nc(C(C)(C)NC(=O)c2cc(C(F)(F)F)cc(C(F)(F)F)c2)no1. The summed E-state index contributed by atoms with van der Waals surface area (Å²) in [7, 11) is 0. The first kappa shape index (κ1) is 22.7. The van der Waals surface area contributed by atoms with Crippen molar-refractivity contribution < 1.29 is 35.7 Å². The maximum absolute atomic E-state index is 13.0. The number of rotatable bonds is 3. The summed E-state index contributed by atoms with van der Waals surface area (Å²) in [6, 6.07) is 0.672. The second kappa shape index (κ2) is 7.03. The molecule has 0 saturated carbocycles. The number of nitrogens with zero attached hydrogens (tertiary/aromatic N) is 2. The third kappa shape index (κ3) is 5.27. The molecule has 0 aliphatic carbocycles. The van der Waals surface area contributed by atoms with Crippen LogP contribution in [0.5, 0.6) is 0 Å². The van der Waals surface area contributed by atoms with E-state index in [4.69, 9.17) is 4.52 Å². The van der Waals surface area contributed by atoms with Crippen LogP contribution in [-0.4, -0.2) is 16.0 Å². The molecule has 1 aromatic carbocycles. The average Bonchev–Trinajstić information content (AvgIpc) is 3.03. The maximum Gasteiger partial charge on any atom is 0.416 e. The van der Waals surface area contributed by atoms with Crippen molar-refractivity contribution >= 4 is 5.91 Å². The molecule has 1 aromatic heterocycles. The van der Waals surface area contributed by atoms with Crippen LogP contribution in [0.3, 0.4) is 0 Å². The molecule has 0 unspecified atom stereocenters. The summed E-state index contributed by atoms with van der Waals surface area (Å²) in [6.07, 6.45) is -10.1. The minimum Gasteiger partial charge on any atom is -0.340 e. The molecule has 0 saturated heterocycles. The average molecular weight is 423 g/mol. The maximum atomic E-state index is 13.0. The van der Waals surface area contributed by atoms with E-state index in [1.807, 2.05) is 0 Å². The van der Waals surface area contributed by atoms with Crippen LogP contribution in [0.1, 0.15) is 67.8 Å². The van der Waals surface area contributed by atoms with Crippen molar-refractivity contribution in [2.75, 3.05) is 0 Å². The fourth-order valence-corrected chi connectivity index (χ4v) is 2.28. The van der Waals surface area contributed by atoms with Gasteiger partial charge in [0.05, 0.1) is 16.7 Å². The lowest BCUT2D eigenvalue weighted by Gasteiger charge is -2.23. The molecule has 1 heterocycles. The van der Waals surface area contributed by atoms with Crippen molar-refractivity contribution in [1.82, 2.24) is 15.5 Å². The smallest absolute Gasteiger partial charge is 0.340 e. The van der Waals surface area contributed by atoms with Crippen LogP contribution < -0.4 is 5.32 Å². The molecule has 160 valence electrons. The van der Waals surface area contributed by atoms with Gasteiger partial charge in [0.2, 0.25) is 5.89 Å². The van der Waals surface area contributed by atoms with E-state index in [9.17, 15) is 31.1 Å². The topological polar surface area (TPSA) is 68.0 Å². The number of aromatic nitrogens is 2. The number of hydrogen-bond donors (Lipinski definition) is 1. The van der Waals surface area contributed by atoms with Gasteiger partial charge in [0, 0.05) is 11.0 Å². The number of halogens is 6. The zero-order chi connectivity index (χ0) is 22.4. The molecule has 1 N–H and O–H groups in total. The molecule has 5 nitrogen and oxygen atoms in total. The summed E-state index contributed by atoms with van der Waals surface area (Å²) >= 11 is 0. The predicted octanol–water partition coefficient (Wildman–Crippen LogP) is 5.07. The zero-order valence-electron chi connectivity index (χ0n) is 16.2. The lowest BCUT2D eigenvalue weighted by atomic mass is 9.96. The van der Waals surface area contributed by atoms with E-state index in [0.717, 1.165) is 0 Å². The molecular formula is C18H19F6N3O2. The first-order chi connectivity index (χ1) is 12.9. The molecule has 2 rings (SSSR count). The van der Waals surface area contributed by atoms with Crippen LogP contribution in [0.15, 0.2) is 22.7 Å². The standard InChI is InChI=1S/C18H19F6N3O2/c1-15(2,3)14-25-13(27-29-14)16(4,5)26-12(28)9-6-10(17(19,20)21)8-11(7-9)18(22,23)24/h6-8H,1-5H3,(H,26,28). The number of hydrogen-bond acceptors (Lipinski definition) is 4. The Bertz CT molecular complexity index is 875. The van der Waals surface area contributed by atoms with Gasteiger partial charge in [-0.15, -0.1) is 0 Å². The van der Waals surface area contributed by atoms with E-state index in [0.29, 0.717) is 12.1 Å². The van der Waals surface area contributed by atoms with Crippen LogP contribution in [0, 0.1) is 0 Å². The Hall–Kier alpha value is -2.59. The number of nitrogens with one attached hydrogen (secondary N) is 1. The molecule has 1 amide bonds. The first-order valence-corrected chi connectivity index (χ1v) is 8.38. The van der Waals surface area contributed by atoms with Gasteiger partial charge in [0.15, 0.2) is 5.82 Å². The summed E-state index contributed by atoms with van der Waals surface area (Å²) in [5, 5.41) is 6.11. The van der Waals surface area contributed by atoms with Crippen molar-refractivity contribution in [3.05, 3.63) is 46.6 Å². The normalized spacial score (nSPS) is 13.5. The third-order valence-electron chi connectivity index (χ3n) is 3.90. The first-order valence-electron chi connectivity index (χ1n) is 8.38. The number of carbonyl (C=O) groups is 1. The lowest BCUT2D eigenvalue weighted by molar-refractivity contribution is -0.143. The number of carbonyl (C=O) groups excluding carboxylic acids is 1. The monoisotopic (exact) mass is 423 g/mol. The number of benzene rings is 1. The van der Waals surface area contributed by atoms with Crippen molar-refractivity contribution in [2.45, 2.75) is 57.9 Å². The van der Waals surface area contributed by atoms with Crippen LogP contribution in [0.2, 0.25) is 0 Å². The largest absolute Gasteiger partial charge is 0.416 e. The van der Waals surface area contributed by atoms with Gasteiger partial charge < -0.3 is 9.84 Å². The molecule has 0 aliphatic heterocycles. The number of amides is 1. The fraction of sp³-hybridized carbons (Fsp3) is 0.500. The summed E-state index contributed by atoms with van der Waals surface area (Å²) in [4.78, 5) is 16.6. The Morgan fingerprint density at radius 2 is 1.38 bits per heavy atom. The Morgan fingerprint density at radius 3 is 1.76 bits per heavy atom. The summed E-state index contributed by atoms with van der Waals surface area (Å²) in [6.45, 7) is 8.30. The highest BCUT2D eigenvalue weighted by molar-refractivity contribution is 5.95. The summed E-state index contributed by atoms with van der Waals surface area (Å²) in [5.74, 6) is -0.860. The van der Waals surface area contributed by atoms with Crippen LogP contribution in [-0.2, 0) is 23.3 Å². The molecule has 0 atom stereocenters. The van der Waals surface area contributed by atoms with E-state index in [1.54, 1.807) is 20.8 Å². The zero-order valence-corrected chi connectivity index (χ0v) is 16.2. The van der Waals surface area contributed by atoms with Crippen molar-refractivity contribution in [1.29, 1.82) is 0 Å². The highest BCUT2D eigenvalue weighted by Crippen LogP contribution is 2.36. The van der Waals surface area contributed by atoms with Crippen LogP contribution in [0.25, 0.3) is 0 Å². The van der Waals surface area contributed by atoms with E-state index >= 15 is 0 Å². The van der Waals surface area contributed by atoms with Gasteiger partial charge in [0.25, 0.3) is 5.91 Å². The summed E-state index contributed by atoms with van der Waals surface area (Å²) < 4.78 is 83.0. The second-order valence-corrected chi connectivity index (χ2v) is 8.05. The van der Waals surface area contributed by atoms with E-state index in [-0.39, 0.29) is 17.8 Å². The minimum atomic E-state index is -5.05. The van der Waals surface area contributed by atoms with Crippen molar-refractivity contribution in [3.63, 3.8) is 0 Å². The Kier molecular flexibility index (Phi) is 5.50. The van der Waals surface area contributed by atoms with Crippen LogP contribution >= 0.6 is 0 Å². The van der Waals surface area contributed by atoms with Gasteiger partial charge in [-0.05, 0) is 32.0 Å². The molecule has 0 radical (unpaired) electrons.